The first kappa shape index (κ1) is 11.0. The van der Waals surface area contributed by atoms with Gasteiger partial charge in [0.25, 0.3) is 0 Å². The minimum atomic E-state index is -0.0869. The third-order valence-corrected chi connectivity index (χ3v) is 2.92. The molecule has 1 unspecified atom stereocenters. The van der Waals surface area contributed by atoms with Crippen molar-refractivity contribution in [2.75, 3.05) is 0 Å². The van der Waals surface area contributed by atoms with E-state index >= 15 is 0 Å². The van der Waals surface area contributed by atoms with Crippen LogP contribution < -0.4 is 5.73 Å². The number of benzene rings is 2. The quantitative estimate of drug-likeness (QED) is 0.824. The summed E-state index contributed by atoms with van der Waals surface area (Å²) in [7, 11) is 0. The molecule has 84 valence electrons. The fraction of sp³-hybridized carbons (Fsp3) is 0.286. The van der Waals surface area contributed by atoms with Gasteiger partial charge >= 0.3 is 0 Å². The van der Waals surface area contributed by atoms with Gasteiger partial charge in [-0.3, -0.25) is 0 Å². The number of phenolic OH excluding ortho intramolecular Hbond substituents is 1. The van der Waals surface area contributed by atoms with Crippen LogP contribution in [0, 0.1) is 0 Å². The van der Waals surface area contributed by atoms with Crippen molar-refractivity contribution < 1.29 is 5.11 Å². The largest absolute Gasteiger partial charge is 0.508 e. The molecule has 0 aromatic heterocycles. The van der Waals surface area contributed by atoms with Crippen LogP contribution in [0.2, 0.25) is 0 Å². The Morgan fingerprint density at radius 1 is 1.19 bits per heavy atom. The van der Waals surface area contributed by atoms with Gasteiger partial charge in [0.2, 0.25) is 0 Å². The summed E-state index contributed by atoms with van der Waals surface area (Å²) >= 11 is 0. The van der Waals surface area contributed by atoms with E-state index < -0.39 is 0 Å². The highest BCUT2D eigenvalue weighted by Crippen LogP contribution is 2.32. The van der Waals surface area contributed by atoms with Gasteiger partial charge in [-0.15, -0.1) is 0 Å². The highest BCUT2D eigenvalue weighted by molar-refractivity contribution is 5.88. The van der Waals surface area contributed by atoms with Gasteiger partial charge in [0.05, 0.1) is 0 Å². The molecule has 0 saturated heterocycles. The van der Waals surface area contributed by atoms with Crippen LogP contribution in [-0.2, 0) is 0 Å². The van der Waals surface area contributed by atoms with Crippen LogP contribution in [0.5, 0.6) is 5.75 Å². The van der Waals surface area contributed by atoms with E-state index in [0.717, 1.165) is 29.2 Å². The monoisotopic (exact) mass is 215 g/mol. The van der Waals surface area contributed by atoms with Crippen molar-refractivity contribution in [1.82, 2.24) is 0 Å². The molecule has 0 spiro atoms. The van der Waals surface area contributed by atoms with Gasteiger partial charge in [-0.25, -0.2) is 0 Å². The standard InChI is InChI=1S/C14H17NO/c1-2-5-12(15)14-11-7-4-3-6-10(11)8-9-13(14)16/h3-4,6-9,12,16H,2,5,15H2,1H3. The van der Waals surface area contributed by atoms with E-state index in [-0.39, 0.29) is 6.04 Å². The molecule has 0 radical (unpaired) electrons. The molecule has 3 N–H and O–H groups in total. The number of aromatic hydroxyl groups is 1. The zero-order valence-electron chi connectivity index (χ0n) is 9.48. The molecule has 0 fully saturated rings. The van der Waals surface area contributed by atoms with Crippen molar-refractivity contribution in [2.24, 2.45) is 5.73 Å². The zero-order valence-corrected chi connectivity index (χ0v) is 9.48. The molecule has 0 aliphatic carbocycles. The second kappa shape index (κ2) is 4.54. The highest BCUT2D eigenvalue weighted by atomic mass is 16.3. The van der Waals surface area contributed by atoms with E-state index in [1.54, 1.807) is 6.07 Å². The van der Waals surface area contributed by atoms with Crippen molar-refractivity contribution in [2.45, 2.75) is 25.8 Å². The summed E-state index contributed by atoms with van der Waals surface area (Å²) in [6.45, 7) is 2.10. The normalized spacial score (nSPS) is 12.9. The Morgan fingerprint density at radius 3 is 2.69 bits per heavy atom. The first-order chi connectivity index (χ1) is 7.74. The lowest BCUT2D eigenvalue weighted by Gasteiger charge is -2.15. The topological polar surface area (TPSA) is 46.2 Å². The number of fused-ring (bicyclic) bond motifs is 1. The Balaban J connectivity index is 2.61. The van der Waals surface area contributed by atoms with Crippen molar-refractivity contribution in [3.8, 4) is 5.75 Å². The Hall–Kier alpha value is -1.54. The average Bonchev–Trinajstić information content (AvgIpc) is 2.29. The maximum absolute atomic E-state index is 9.93. The number of rotatable bonds is 3. The molecule has 2 aromatic rings. The summed E-state index contributed by atoms with van der Waals surface area (Å²) in [6.07, 6.45) is 1.91. The molecule has 2 heteroatoms. The maximum Gasteiger partial charge on any atom is 0.120 e. The molecule has 0 amide bonds. The van der Waals surface area contributed by atoms with E-state index in [0.29, 0.717) is 5.75 Å². The van der Waals surface area contributed by atoms with Gasteiger partial charge in [0.15, 0.2) is 0 Å². The summed E-state index contributed by atoms with van der Waals surface area (Å²) in [5.41, 5.74) is 6.99. The molecule has 0 saturated carbocycles. The Labute approximate surface area is 95.7 Å². The van der Waals surface area contributed by atoms with Gasteiger partial charge in [-0.2, -0.15) is 0 Å². The lowest BCUT2D eigenvalue weighted by Crippen LogP contribution is -2.10. The Morgan fingerprint density at radius 2 is 1.94 bits per heavy atom. The van der Waals surface area contributed by atoms with Crippen LogP contribution in [-0.4, -0.2) is 5.11 Å². The highest BCUT2D eigenvalue weighted by Gasteiger charge is 2.13. The van der Waals surface area contributed by atoms with Crippen molar-refractivity contribution >= 4 is 10.8 Å². The number of phenols is 1. The van der Waals surface area contributed by atoms with E-state index in [9.17, 15) is 5.11 Å². The summed E-state index contributed by atoms with van der Waals surface area (Å²) in [5, 5.41) is 12.1. The summed E-state index contributed by atoms with van der Waals surface area (Å²) < 4.78 is 0. The summed E-state index contributed by atoms with van der Waals surface area (Å²) in [5.74, 6) is 0.305. The van der Waals surface area contributed by atoms with Crippen molar-refractivity contribution in [3.63, 3.8) is 0 Å². The van der Waals surface area contributed by atoms with Gasteiger partial charge in [0.1, 0.15) is 5.75 Å². The fourth-order valence-electron chi connectivity index (χ4n) is 2.13. The zero-order chi connectivity index (χ0) is 11.5. The van der Waals surface area contributed by atoms with E-state index in [2.05, 4.69) is 6.92 Å². The molecular formula is C14H17NO. The van der Waals surface area contributed by atoms with Crippen LogP contribution in [0.25, 0.3) is 10.8 Å². The predicted molar refractivity (Wildman–Crippen MR) is 67.4 cm³/mol. The van der Waals surface area contributed by atoms with Gasteiger partial charge in [0, 0.05) is 11.6 Å². The molecule has 16 heavy (non-hydrogen) atoms. The maximum atomic E-state index is 9.93. The van der Waals surface area contributed by atoms with Gasteiger partial charge in [-0.1, -0.05) is 43.7 Å². The lowest BCUT2D eigenvalue weighted by atomic mass is 9.95. The van der Waals surface area contributed by atoms with Crippen molar-refractivity contribution in [1.29, 1.82) is 0 Å². The Kier molecular flexibility index (Phi) is 3.11. The van der Waals surface area contributed by atoms with Crippen molar-refractivity contribution in [3.05, 3.63) is 42.0 Å². The van der Waals surface area contributed by atoms with Crippen LogP contribution in [0.15, 0.2) is 36.4 Å². The average molecular weight is 215 g/mol. The first-order valence-corrected chi connectivity index (χ1v) is 5.70. The molecule has 1 atom stereocenters. The first-order valence-electron chi connectivity index (χ1n) is 5.70. The second-order valence-electron chi connectivity index (χ2n) is 4.11. The number of nitrogens with two attached hydrogens (primary N) is 1. The summed E-state index contributed by atoms with van der Waals surface area (Å²) in [4.78, 5) is 0. The molecule has 2 aromatic carbocycles. The van der Waals surface area contributed by atoms with Gasteiger partial charge in [-0.05, 0) is 23.3 Å². The van der Waals surface area contributed by atoms with E-state index in [1.165, 1.54) is 0 Å². The lowest BCUT2D eigenvalue weighted by molar-refractivity contribution is 0.460. The molecule has 0 heterocycles. The minimum absolute atomic E-state index is 0.0869. The van der Waals surface area contributed by atoms with Crippen LogP contribution in [0.1, 0.15) is 31.4 Å². The number of hydrogen-bond acceptors (Lipinski definition) is 2. The SMILES string of the molecule is CCCC(N)c1c(O)ccc2ccccc12. The third-order valence-electron chi connectivity index (χ3n) is 2.92. The third kappa shape index (κ3) is 1.89. The van der Waals surface area contributed by atoms with Crippen LogP contribution >= 0.6 is 0 Å². The van der Waals surface area contributed by atoms with E-state index in [4.69, 9.17) is 5.73 Å². The molecule has 0 aliphatic rings. The Bertz CT molecular complexity index is 493. The van der Waals surface area contributed by atoms with Crippen LogP contribution in [0.3, 0.4) is 0 Å². The van der Waals surface area contributed by atoms with E-state index in [1.807, 2.05) is 30.3 Å². The molecule has 2 rings (SSSR count). The molecule has 0 bridgehead atoms. The summed E-state index contributed by atoms with van der Waals surface area (Å²) in [6, 6.07) is 11.6. The fourth-order valence-corrected chi connectivity index (χ4v) is 2.13. The predicted octanol–water partition coefficient (Wildman–Crippen LogP) is 3.35. The number of hydrogen-bond donors (Lipinski definition) is 2. The van der Waals surface area contributed by atoms with Gasteiger partial charge < -0.3 is 10.8 Å². The molecular weight excluding hydrogens is 198 g/mol. The van der Waals surface area contributed by atoms with Crippen LogP contribution in [0.4, 0.5) is 0 Å². The molecule has 0 aliphatic heterocycles. The smallest absolute Gasteiger partial charge is 0.120 e. The second-order valence-corrected chi connectivity index (χ2v) is 4.11. The molecule has 2 nitrogen and oxygen atoms in total. The minimum Gasteiger partial charge on any atom is -0.508 e.